The Balaban J connectivity index is 1.44. The van der Waals surface area contributed by atoms with Crippen molar-refractivity contribution in [1.29, 1.82) is 0 Å². The molecular weight excluding hydrogens is 472 g/mol. The Hall–Kier alpha value is -3.08. The molecule has 10 nitrogen and oxygen atoms in total. The Morgan fingerprint density at radius 1 is 1.06 bits per heavy atom. The highest BCUT2D eigenvalue weighted by Gasteiger charge is 2.47. The van der Waals surface area contributed by atoms with Crippen LogP contribution in [-0.4, -0.2) is 95.6 Å². The van der Waals surface area contributed by atoms with E-state index in [0.29, 0.717) is 43.1 Å². The third-order valence-corrected chi connectivity index (χ3v) is 7.61. The number of imide groups is 1. The number of carbonyl (C=O) groups is 4. The first kappa shape index (κ1) is 25.0. The number of piperidine rings is 1. The molecule has 11 heteroatoms. The summed E-state index contributed by atoms with van der Waals surface area (Å²) in [5.41, 5.74) is 0.617. The number of hydrazone groups is 1. The topological polar surface area (TPSA) is 109 Å². The van der Waals surface area contributed by atoms with Crippen molar-refractivity contribution in [1.82, 2.24) is 14.8 Å². The third-order valence-electron chi connectivity index (χ3n) is 6.71. The number of nitrogens with zero attached hydrogens (tertiary/aromatic N) is 4. The molecule has 188 valence electrons. The van der Waals surface area contributed by atoms with E-state index in [-0.39, 0.29) is 47.7 Å². The lowest BCUT2D eigenvalue weighted by atomic mass is 9.83. The molecule has 2 fully saturated rings. The standard InChI is InChI=1S/C24H30N4O6S/c1-24(2)22(15-5-6-17(33-3)18(11-15)34-4)25-28(23(24)32)16-7-9-26(10-8-16)19(29)12-27-20(30)13-35-14-21(27)31/h5-6,11,16H,7-10,12-14H2,1-4H3. The van der Waals surface area contributed by atoms with Crippen LogP contribution < -0.4 is 9.47 Å². The highest BCUT2D eigenvalue weighted by molar-refractivity contribution is 8.00. The molecule has 0 spiro atoms. The number of benzene rings is 1. The average Bonchev–Trinajstić information content (AvgIpc) is 3.09. The van der Waals surface area contributed by atoms with Gasteiger partial charge in [-0.25, -0.2) is 5.01 Å². The van der Waals surface area contributed by atoms with Gasteiger partial charge in [0.15, 0.2) is 11.5 Å². The zero-order valence-corrected chi connectivity index (χ0v) is 21.2. The van der Waals surface area contributed by atoms with Crippen molar-refractivity contribution in [3.05, 3.63) is 23.8 Å². The smallest absolute Gasteiger partial charge is 0.254 e. The molecule has 0 unspecified atom stereocenters. The van der Waals surface area contributed by atoms with E-state index >= 15 is 0 Å². The molecule has 4 rings (SSSR count). The maximum Gasteiger partial charge on any atom is 0.254 e. The number of hydrogen-bond donors (Lipinski definition) is 0. The second kappa shape index (κ2) is 9.88. The maximum atomic E-state index is 13.3. The molecule has 0 bridgehead atoms. The van der Waals surface area contributed by atoms with E-state index < -0.39 is 5.41 Å². The fourth-order valence-corrected chi connectivity index (χ4v) is 5.37. The molecule has 0 N–H and O–H groups in total. The van der Waals surface area contributed by atoms with Crippen molar-refractivity contribution < 1.29 is 28.7 Å². The predicted molar refractivity (Wildman–Crippen MR) is 130 cm³/mol. The van der Waals surface area contributed by atoms with Crippen LogP contribution in [-0.2, 0) is 19.2 Å². The lowest BCUT2D eigenvalue weighted by Crippen LogP contribution is -2.52. The second-order valence-corrected chi connectivity index (χ2v) is 10.3. The summed E-state index contributed by atoms with van der Waals surface area (Å²) in [5, 5.41) is 6.29. The minimum atomic E-state index is -0.820. The summed E-state index contributed by atoms with van der Waals surface area (Å²) in [7, 11) is 3.13. The molecule has 1 aromatic rings. The number of amides is 4. The van der Waals surface area contributed by atoms with Gasteiger partial charge in [-0.1, -0.05) is 0 Å². The van der Waals surface area contributed by atoms with Crippen molar-refractivity contribution in [3.63, 3.8) is 0 Å². The molecular formula is C24H30N4O6S. The number of thioether (sulfide) groups is 1. The van der Waals surface area contributed by atoms with Gasteiger partial charge >= 0.3 is 0 Å². The fourth-order valence-electron chi connectivity index (χ4n) is 4.61. The van der Waals surface area contributed by atoms with Gasteiger partial charge in [-0.3, -0.25) is 24.1 Å². The second-order valence-electron chi connectivity index (χ2n) is 9.27. The number of carbonyl (C=O) groups excluding carboxylic acids is 4. The molecule has 3 aliphatic heterocycles. The Morgan fingerprint density at radius 3 is 2.29 bits per heavy atom. The van der Waals surface area contributed by atoms with Crippen molar-refractivity contribution in [3.8, 4) is 11.5 Å². The van der Waals surface area contributed by atoms with E-state index in [0.717, 1.165) is 10.5 Å². The summed E-state index contributed by atoms with van der Waals surface area (Å²) in [6.45, 7) is 4.35. The van der Waals surface area contributed by atoms with Gasteiger partial charge in [0.2, 0.25) is 17.7 Å². The predicted octanol–water partition coefficient (Wildman–Crippen LogP) is 1.37. The third kappa shape index (κ3) is 4.73. The van der Waals surface area contributed by atoms with Crippen molar-refractivity contribution >= 4 is 41.1 Å². The zero-order valence-electron chi connectivity index (χ0n) is 20.4. The number of likely N-dealkylation sites (tertiary alicyclic amines) is 1. The average molecular weight is 503 g/mol. The molecule has 2 saturated heterocycles. The molecule has 0 saturated carbocycles. The van der Waals surface area contributed by atoms with Crippen LogP contribution in [0.15, 0.2) is 23.3 Å². The Labute approximate surface area is 208 Å². The molecule has 35 heavy (non-hydrogen) atoms. The Kier molecular flexibility index (Phi) is 7.07. The number of ether oxygens (including phenoxy) is 2. The normalized spacial score (nSPS) is 20.9. The van der Waals surface area contributed by atoms with E-state index in [1.54, 1.807) is 30.2 Å². The highest BCUT2D eigenvalue weighted by atomic mass is 32.2. The van der Waals surface area contributed by atoms with Crippen LogP contribution in [0.25, 0.3) is 0 Å². The van der Waals surface area contributed by atoms with Gasteiger partial charge in [-0.2, -0.15) is 5.10 Å². The first-order valence-electron chi connectivity index (χ1n) is 11.5. The van der Waals surface area contributed by atoms with Crippen LogP contribution in [0.1, 0.15) is 32.3 Å². The first-order valence-corrected chi connectivity index (χ1v) is 12.7. The quantitative estimate of drug-likeness (QED) is 0.541. The van der Waals surface area contributed by atoms with Gasteiger partial charge in [0, 0.05) is 18.7 Å². The van der Waals surface area contributed by atoms with Crippen LogP contribution in [0, 0.1) is 5.41 Å². The van der Waals surface area contributed by atoms with E-state index in [4.69, 9.17) is 14.6 Å². The first-order chi connectivity index (χ1) is 16.7. The number of hydrogen-bond acceptors (Lipinski definition) is 8. The monoisotopic (exact) mass is 502 g/mol. The van der Waals surface area contributed by atoms with Crippen molar-refractivity contribution in [2.24, 2.45) is 10.5 Å². The molecule has 0 atom stereocenters. The number of methoxy groups -OCH3 is 2. The van der Waals surface area contributed by atoms with E-state index in [2.05, 4.69) is 0 Å². The minimum absolute atomic E-state index is 0.0888. The van der Waals surface area contributed by atoms with Gasteiger partial charge in [-0.15, -0.1) is 11.8 Å². The maximum absolute atomic E-state index is 13.3. The van der Waals surface area contributed by atoms with Gasteiger partial charge in [0.25, 0.3) is 5.91 Å². The van der Waals surface area contributed by atoms with E-state index in [1.165, 1.54) is 11.8 Å². The molecule has 0 radical (unpaired) electrons. The van der Waals surface area contributed by atoms with E-state index in [9.17, 15) is 19.2 Å². The summed E-state index contributed by atoms with van der Waals surface area (Å²) in [4.78, 5) is 52.8. The minimum Gasteiger partial charge on any atom is -0.493 e. The molecule has 0 aliphatic carbocycles. The highest BCUT2D eigenvalue weighted by Crippen LogP contribution is 2.37. The largest absolute Gasteiger partial charge is 0.493 e. The summed E-state index contributed by atoms with van der Waals surface area (Å²) < 4.78 is 10.7. The van der Waals surface area contributed by atoms with Gasteiger partial charge in [-0.05, 0) is 44.9 Å². The Morgan fingerprint density at radius 2 is 1.69 bits per heavy atom. The fraction of sp³-hybridized carbons (Fsp3) is 0.542. The van der Waals surface area contributed by atoms with Crippen LogP contribution in [0.3, 0.4) is 0 Å². The van der Waals surface area contributed by atoms with Crippen LogP contribution >= 0.6 is 11.8 Å². The molecule has 1 aromatic carbocycles. The number of rotatable bonds is 6. The van der Waals surface area contributed by atoms with Crippen LogP contribution in [0.4, 0.5) is 0 Å². The van der Waals surface area contributed by atoms with Crippen LogP contribution in [0.5, 0.6) is 11.5 Å². The molecule has 3 heterocycles. The summed E-state index contributed by atoms with van der Waals surface area (Å²) in [6.07, 6.45) is 1.13. The molecule has 0 aromatic heterocycles. The molecule has 4 amide bonds. The lowest BCUT2D eigenvalue weighted by Gasteiger charge is -2.36. The SMILES string of the molecule is COc1ccc(C2=NN(C3CCN(C(=O)CN4C(=O)CSCC4=O)CC3)C(=O)C2(C)C)cc1OC. The van der Waals surface area contributed by atoms with Crippen molar-refractivity contribution in [2.45, 2.75) is 32.7 Å². The van der Waals surface area contributed by atoms with Gasteiger partial charge in [0.1, 0.15) is 6.54 Å². The van der Waals surface area contributed by atoms with Gasteiger partial charge in [0.05, 0.1) is 42.9 Å². The zero-order chi connectivity index (χ0) is 25.3. The van der Waals surface area contributed by atoms with E-state index in [1.807, 2.05) is 26.0 Å². The van der Waals surface area contributed by atoms with Crippen LogP contribution in [0.2, 0.25) is 0 Å². The Bertz CT molecular complexity index is 1060. The lowest BCUT2D eigenvalue weighted by molar-refractivity contribution is -0.149. The summed E-state index contributed by atoms with van der Waals surface area (Å²) in [6, 6.07) is 5.33. The summed E-state index contributed by atoms with van der Waals surface area (Å²) >= 11 is 1.27. The van der Waals surface area contributed by atoms with Gasteiger partial charge < -0.3 is 14.4 Å². The summed E-state index contributed by atoms with van der Waals surface area (Å²) in [5.74, 6) is 0.606. The van der Waals surface area contributed by atoms with Crippen molar-refractivity contribution in [2.75, 3.05) is 45.4 Å². The molecule has 3 aliphatic rings.